The number of phosphoric acid groups is 1. The van der Waals surface area contributed by atoms with Gasteiger partial charge in [-0.05, 0) is 57.8 Å². The molecule has 9 heteroatoms. The number of nitrogens with two attached hydrogens (primary N) is 1. The molecule has 0 aromatic heterocycles. The second-order valence-electron chi connectivity index (χ2n) is 13.1. The molecule has 0 saturated heterocycles. The summed E-state index contributed by atoms with van der Waals surface area (Å²) < 4.78 is 22.0. The predicted octanol–water partition coefficient (Wildman–Crippen LogP) is 11.0. The smallest absolute Gasteiger partial charge is 0.387 e. The number of rotatable bonds is 36. The number of phosphoric ester groups is 1. The molecule has 0 rings (SSSR count). The molecule has 0 aliphatic carbocycles. The van der Waals surface area contributed by atoms with Crippen molar-refractivity contribution in [3.05, 3.63) is 85.1 Å². The molecule has 0 fully saturated rings. The van der Waals surface area contributed by atoms with Gasteiger partial charge in [-0.3, -0.25) is 13.8 Å². The number of hydrogen-bond donors (Lipinski definition) is 4. The van der Waals surface area contributed by atoms with Gasteiger partial charge in [-0.2, -0.15) is 0 Å². The Balaban J connectivity index is 4.44. The van der Waals surface area contributed by atoms with E-state index in [0.717, 1.165) is 57.8 Å². The molecule has 0 radical (unpaired) electrons. The Morgan fingerprint density at radius 1 is 0.654 bits per heavy atom. The van der Waals surface area contributed by atoms with E-state index in [-0.39, 0.29) is 32.1 Å². The molecule has 5 N–H and O–H groups in total. The average Bonchev–Trinajstić information content (AvgIpc) is 3.13. The van der Waals surface area contributed by atoms with Crippen LogP contribution in [0.3, 0.4) is 0 Å². The molecular weight excluding hydrogens is 671 g/mol. The van der Waals surface area contributed by atoms with Crippen molar-refractivity contribution in [2.45, 2.75) is 161 Å². The van der Waals surface area contributed by atoms with E-state index < -0.39 is 20.0 Å². The summed E-state index contributed by atoms with van der Waals surface area (Å²) in [6, 6.07) is -0.905. The molecular formula is C43H75N2O6P. The van der Waals surface area contributed by atoms with Gasteiger partial charge in [0.15, 0.2) is 0 Å². The third-order valence-electron chi connectivity index (χ3n) is 8.24. The summed E-state index contributed by atoms with van der Waals surface area (Å²) >= 11 is 0. The predicted molar refractivity (Wildman–Crippen MR) is 221 cm³/mol. The molecule has 0 spiro atoms. The lowest BCUT2D eigenvalue weighted by molar-refractivity contribution is -0.122. The Hall–Kier alpha value is -2.32. The summed E-state index contributed by atoms with van der Waals surface area (Å²) in [5.41, 5.74) is 5.36. The zero-order chi connectivity index (χ0) is 38.2. The van der Waals surface area contributed by atoms with Crippen molar-refractivity contribution >= 4 is 13.7 Å². The first-order valence-corrected chi connectivity index (χ1v) is 21.7. The minimum absolute atomic E-state index is 0.0627. The molecule has 0 aromatic carbocycles. The largest absolute Gasteiger partial charge is 0.472 e. The quantitative estimate of drug-likeness (QED) is 0.0285. The number of nitrogens with one attached hydrogen (secondary N) is 1. The maximum atomic E-state index is 12.7. The summed E-state index contributed by atoms with van der Waals surface area (Å²) in [6.45, 7) is 3.93. The first-order valence-electron chi connectivity index (χ1n) is 20.2. The number of aliphatic hydroxyl groups excluding tert-OH is 1. The van der Waals surface area contributed by atoms with Crippen LogP contribution in [0.4, 0.5) is 0 Å². The third kappa shape index (κ3) is 36.1. The molecule has 0 heterocycles. The first kappa shape index (κ1) is 49.7. The number of carbonyl (C=O) groups excluding carboxylic acids is 1. The van der Waals surface area contributed by atoms with E-state index in [9.17, 15) is 19.4 Å². The molecule has 298 valence electrons. The van der Waals surface area contributed by atoms with Crippen molar-refractivity contribution in [1.29, 1.82) is 0 Å². The molecule has 0 aliphatic heterocycles. The Bertz CT molecular complexity index is 1080. The van der Waals surface area contributed by atoms with Crippen LogP contribution < -0.4 is 11.1 Å². The second-order valence-corrected chi connectivity index (χ2v) is 14.6. The van der Waals surface area contributed by atoms with E-state index in [1.165, 1.54) is 64.2 Å². The van der Waals surface area contributed by atoms with Gasteiger partial charge in [-0.1, -0.05) is 170 Å². The third-order valence-corrected chi connectivity index (χ3v) is 9.22. The van der Waals surface area contributed by atoms with E-state index in [1.807, 2.05) is 18.2 Å². The van der Waals surface area contributed by atoms with Crippen molar-refractivity contribution in [3.63, 3.8) is 0 Å². The van der Waals surface area contributed by atoms with Gasteiger partial charge >= 0.3 is 7.82 Å². The summed E-state index contributed by atoms with van der Waals surface area (Å²) in [6.07, 6.45) is 50.7. The van der Waals surface area contributed by atoms with Crippen molar-refractivity contribution < 1.29 is 28.4 Å². The van der Waals surface area contributed by atoms with E-state index in [4.69, 9.17) is 14.8 Å². The van der Waals surface area contributed by atoms with Crippen LogP contribution in [0.25, 0.3) is 0 Å². The molecule has 8 nitrogen and oxygen atoms in total. The van der Waals surface area contributed by atoms with Crippen molar-refractivity contribution in [2.24, 2.45) is 5.73 Å². The summed E-state index contributed by atoms with van der Waals surface area (Å²) in [5.74, 6) is -0.280. The van der Waals surface area contributed by atoms with Gasteiger partial charge in [0.25, 0.3) is 0 Å². The Labute approximate surface area is 318 Å². The lowest BCUT2D eigenvalue weighted by atomic mass is 10.0. The van der Waals surface area contributed by atoms with Gasteiger partial charge in [-0.25, -0.2) is 4.57 Å². The second kappa shape index (κ2) is 38.4. The Morgan fingerprint density at radius 3 is 1.60 bits per heavy atom. The standard InChI is InChI=1S/C43H75N2O6P/c1-3-5-7-9-11-13-15-17-19-20-21-22-23-25-27-29-31-33-35-37-43(47)45-41(40-51-52(48,49)50-39-38-44)42(46)36-34-32-30-28-26-24-18-16-14-12-10-8-6-4-2/h5,7,11,13,17,19,21-22,25,27,31,33-34,36,41-42,46H,3-4,6,8-10,12,14-16,18,20,23-24,26,28-30,32,35,37-40,44H2,1-2H3,(H,45,47)(H,48,49)/b7-5-,13-11-,19-17-,22-21-,27-25-,33-31-,36-34+. The van der Waals surface area contributed by atoms with Gasteiger partial charge in [-0.15, -0.1) is 0 Å². The zero-order valence-corrected chi connectivity index (χ0v) is 33.7. The first-order chi connectivity index (χ1) is 25.4. The molecule has 0 saturated carbocycles. The van der Waals surface area contributed by atoms with Crippen molar-refractivity contribution in [3.8, 4) is 0 Å². The van der Waals surface area contributed by atoms with Crippen LogP contribution in [0, 0.1) is 0 Å². The minimum Gasteiger partial charge on any atom is -0.387 e. The number of amides is 1. The summed E-state index contributed by atoms with van der Waals surface area (Å²) in [4.78, 5) is 22.6. The molecule has 3 atom stereocenters. The SMILES string of the molecule is CC/C=C\C/C=C\C/C=C\C/C=C\C/C=C\C/C=C\CCC(=O)NC(COP(=O)(O)OCCN)C(O)/C=C/CCCCCCCCCCCCCC. The number of aliphatic hydroxyl groups is 1. The van der Waals surface area contributed by atoms with E-state index >= 15 is 0 Å². The van der Waals surface area contributed by atoms with E-state index in [0.29, 0.717) is 6.42 Å². The maximum Gasteiger partial charge on any atom is 0.472 e. The maximum absolute atomic E-state index is 12.7. The lowest BCUT2D eigenvalue weighted by Crippen LogP contribution is -2.45. The molecule has 0 aliphatic rings. The number of unbranched alkanes of at least 4 members (excludes halogenated alkanes) is 12. The van der Waals surface area contributed by atoms with E-state index in [1.54, 1.807) is 6.08 Å². The Morgan fingerprint density at radius 2 is 1.12 bits per heavy atom. The van der Waals surface area contributed by atoms with Gasteiger partial charge in [0.2, 0.25) is 5.91 Å². The number of allylic oxidation sites excluding steroid dienone is 13. The number of hydrogen-bond acceptors (Lipinski definition) is 6. The van der Waals surface area contributed by atoms with Crippen molar-refractivity contribution in [1.82, 2.24) is 5.32 Å². The van der Waals surface area contributed by atoms with Crippen LogP contribution in [-0.4, -0.2) is 47.8 Å². The average molecular weight is 747 g/mol. The fourth-order valence-electron chi connectivity index (χ4n) is 5.21. The fourth-order valence-corrected chi connectivity index (χ4v) is 5.97. The molecule has 52 heavy (non-hydrogen) atoms. The highest BCUT2D eigenvalue weighted by molar-refractivity contribution is 7.47. The molecule has 1 amide bonds. The van der Waals surface area contributed by atoms with Gasteiger partial charge < -0.3 is 21.1 Å². The normalized spacial score (nSPS) is 15.1. The van der Waals surface area contributed by atoms with E-state index in [2.05, 4.69) is 79.9 Å². The van der Waals surface area contributed by atoms with Crippen LogP contribution in [-0.2, 0) is 18.4 Å². The molecule has 3 unspecified atom stereocenters. The fraction of sp³-hybridized carbons (Fsp3) is 0.651. The van der Waals surface area contributed by atoms with Crippen LogP contribution in [0.5, 0.6) is 0 Å². The highest BCUT2D eigenvalue weighted by Gasteiger charge is 2.26. The van der Waals surface area contributed by atoms with Crippen LogP contribution >= 0.6 is 7.82 Å². The zero-order valence-electron chi connectivity index (χ0n) is 32.8. The Kier molecular flexibility index (Phi) is 36.7. The lowest BCUT2D eigenvalue weighted by Gasteiger charge is -2.23. The van der Waals surface area contributed by atoms with Crippen LogP contribution in [0.2, 0.25) is 0 Å². The number of carbonyl (C=O) groups is 1. The summed E-state index contributed by atoms with van der Waals surface area (Å²) in [5, 5.41) is 13.6. The molecule has 0 bridgehead atoms. The topological polar surface area (TPSA) is 131 Å². The van der Waals surface area contributed by atoms with Gasteiger partial charge in [0, 0.05) is 13.0 Å². The van der Waals surface area contributed by atoms with Gasteiger partial charge in [0.1, 0.15) is 0 Å². The van der Waals surface area contributed by atoms with Crippen molar-refractivity contribution in [2.75, 3.05) is 19.8 Å². The van der Waals surface area contributed by atoms with Crippen LogP contribution in [0.1, 0.15) is 149 Å². The summed E-state index contributed by atoms with van der Waals surface area (Å²) in [7, 11) is -4.36. The molecule has 0 aromatic rings. The monoisotopic (exact) mass is 747 g/mol. The highest BCUT2D eigenvalue weighted by atomic mass is 31.2. The van der Waals surface area contributed by atoms with Gasteiger partial charge in [0.05, 0.1) is 25.4 Å². The highest BCUT2D eigenvalue weighted by Crippen LogP contribution is 2.43. The van der Waals surface area contributed by atoms with Crippen LogP contribution in [0.15, 0.2) is 85.1 Å². The minimum atomic E-state index is -4.36.